The van der Waals surface area contributed by atoms with Crippen LogP contribution in [-0.4, -0.2) is 47.4 Å². The van der Waals surface area contributed by atoms with E-state index in [0.29, 0.717) is 5.82 Å². The Bertz CT molecular complexity index is 793. The summed E-state index contributed by atoms with van der Waals surface area (Å²) in [4.78, 5) is 6.80. The van der Waals surface area contributed by atoms with Crippen molar-refractivity contribution >= 4 is 27.8 Å². The van der Waals surface area contributed by atoms with Crippen LogP contribution >= 0.6 is 0 Å². The summed E-state index contributed by atoms with van der Waals surface area (Å²) in [7, 11) is 5.72. The largest absolute Gasteiger partial charge is 0.497 e. The number of anilines is 1. The van der Waals surface area contributed by atoms with E-state index in [1.807, 2.05) is 43.0 Å². The van der Waals surface area contributed by atoms with Crippen molar-refractivity contribution in [3.63, 3.8) is 0 Å². The summed E-state index contributed by atoms with van der Waals surface area (Å²) in [6.07, 6.45) is 0. The third-order valence-electron chi connectivity index (χ3n) is 3.51. The predicted octanol–water partition coefficient (Wildman–Crippen LogP) is 1.74. The van der Waals surface area contributed by atoms with E-state index in [-0.39, 0.29) is 0 Å². The molecule has 0 saturated heterocycles. The molecule has 6 nitrogen and oxygen atoms in total. The van der Waals surface area contributed by atoms with Gasteiger partial charge in [0.1, 0.15) is 5.75 Å². The minimum atomic E-state index is 0.515. The van der Waals surface area contributed by atoms with Gasteiger partial charge in [-0.25, -0.2) is 9.67 Å². The molecule has 0 aliphatic carbocycles. The van der Waals surface area contributed by atoms with E-state index < -0.39 is 0 Å². The maximum absolute atomic E-state index is 6.03. The van der Waals surface area contributed by atoms with Crippen molar-refractivity contribution in [1.82, 2.24) is 19.7 Å². The molecule has 0 aliphatic heterocycles. The smallest absolute Gasteiger partial charge is 0.160 e. The van der Waals surface area contributed by atoms with Crippen LogP contribution in [0.25, 0.3) is 21.9 Å². The number of hydrogen-bond acceptors (Lipinski definition) is 5. The minimum absolute atomic E-state index is 0.515. The Morgan fingerprint density at radius 1 is 1.29 bits per heavy atom. The van der Waals surface area contributed by atoms with E-state index >= 15 is 0 Å². The van der Waals surface area contributed by atoms with Crippen LogP contribution in [-0.2, 0) is 6.54 Å². The molecule has 3 rings (SSSR count). The van der Waals surface area contributed by atoms with Crippen molar-refractivity contribution in [2.24, 2.45) is 0 Å². The molecule has 2 heterocycles. The molecule has 6 heteroatoms. The van der Waals surface area contributed by atoms with Gasteiger partial charge in [0, 0.05) is 11.9 Å². The van der Waals surface area contributed by atoms with E-state index in [1.54, 1.807) is 7.11 Å². The fourth-order valence-corrected chi connectivity index (χ4v) is 2.34. The van der Waals surface area contributed by atoms with Crippen LogP contribution in [0.4, 0.5) is 5.82 Å². The summed E-state index contributed by atoms with van der Waals surface area (Å²) in [5.74, 6) is 1.32. The zero-order valence-corrected chi connectivity index (χ0v) is 12.5. The minimum Gasteiger partial charge on any atom is -0.497 e. The van der Waals surface area contributed by atoms with Crippen LogP contribution in [0.2, 0.25) is 0 Å². The summed E-state index contributed by atoms with van der Waals surface area (Å²) >= 11 is 0. The number of hydrogen-bond donors (Lipinski definition) is 1. The number of nitrogens with zero attached hydrogens (tertiary/aromatic N) is 4. The number of ether oxygens (including phenoxy) is 1. The first-order chi connectivity index (χ1) is 10.1. The number of benzene rings is 1. The lowest BCUT2D eigenvalue weighted by atomic mass is 10.2. The SMILES string of the molecule is COc1ccc2nc3c(cc2c1)c(N)nn3CCN(C)C. The average Bonchev–Trinajstić information content (AvgIpc) is 2.78. The van der Waals surface area contributed by atoms with Crippen LogP contribution in [0, 0.1) is 0 Å². The van der Waals surface area contributed by atoms with Crippen molar-refractivity contribution in [1.29, 1.82) is 0 Å². The second-order valence-corrected chi connectivity index (χ2v) is 5.33. The Morgan fingerprint density at radius 2 is 2.10 bits per heavy atom. The summed E-state index contributed by atoms with van der Waals surface area (Å²) < 4.78 is 7.12. The van der Waals surface area contributed by atoms with Crippen molar-refractivity contribution in [2.45, 2.75) is 6.54 Å². The number of rotatable bonds is 4. The van der Waals surface area contributed by atoms with E-state index in [2.05, 4.69) is 10.00 Å². The Hall–Kier alpha value is -2.34. The third kappa shape index (κ3) is 2.50. The van der Waals surface area contributed by atoms with Gasteiger partial charge in [-0.3, -0.25) is 0 Å². The quantitative estimate of drug-likeness (QED) is 0.790. The number of nitrogen functional groups attached to an aromatic ring is 1. The molecule has 0 unspecified atom stereocenters. The number of pyridine rings is 1. The number of methoxy groups -OCH3 is 1. The van der Waals surface area contributed by atoms with Gasteiger partial charge in [0.2, 0.25) is 0 Å². The molecule has 3 aromatic rings. The lowest BCUT2D eigenvalue weighted by Gasteiger charge is -2.09. The van der Waals surface area contributed by atoms with Crippen LogP contribution in [0.1, 0.15) is 0 Å². The highest BCUT2D eigenvalue weighted by atomic mass is 16.5. The molecule has 0 saturated carbocycles. The van der Waals surface area contributed by atoms with Crippen molar-refractivity contribution < 1.29 is 4.74 Å². The molecule has 0 atom stereocenters. The first kappa shape index (κ1) is 13.6. The lowest BCUT2D eigenvalue weighted by molar-refractivity contribution is 0.376. The molecule has 0 bridgehead atoms. The standard InChI is InChI=1S/C15H19N5O/c1-19(2)6-7-20-15-12(14(16)18-20)9-10-8-11(21-3)4-5-13(10)17-15/h4-5,8-9H,6-7H2,1-3H3,(H2,16,18). The van der Waals surface area contributed by atoms with Gasteiger partial charge in [-0.15, -0.1) is 0 Å². The van der Waals surface area contributed by atoms with Crippen molar-refractivity contribution in [2.75, 3.05) is 33.5 Å². The number of aromatic nitrogens is 3. The Labute approximate surface area is 123 Å². The molecule has 0 fully saturated rings. The van der Waals surface area contributed by atoms with Gasteiger partial charge in [0.25, 0.3) is 0 Å². The van der Waals surface area contributed by atoms with Crippen LogP contribution in [0.5, 0.6) is 5.75 Å². The highest BCUT2D eigenvalue weighted by Gasteiger charge is 2.11. The molecular weight excluding hydrogens is 266 g/mol. The maximum Gasteiger partial charge on any atom is 0.160 e. The first-order valence-electron chi connectivity index (χ1n) is 6.84. The van der Waals surface area contributed by atoms with E-state index in [9.17, 15) is 0 Å². The molecule has 0 radical (unpaired) electrons. The second-order valence-electron chi connectivity index (χ2n) is 5.33. The highest BCUT2D eigenvalue weighted by Crippen LogP contribution is 2.26. The summed E-state index contributed by atoms with van der Waals surface area (Å²) in [5, 5.41) is 6.29. The third-order valence-corrected chi connectivity index (χ3v) is 3.51. The number of nitrogens with two attached hydrogens (primary N) is 1. The van der Waals surface area contributed by atoms with E-state index in [1.165, 1.54) is 0 Å². The Morgan fingerprint density at radius 3 is 2.81 bits per heavy atom. The van der Waals surface area contributed by atoms with Gasteiger partial charge in [0.15, 0.2) is 11.5 Å². The molecule has 21 heavy (non-hydrogen) atoms. The van der Waals surface area contributed by atoms with Crippen molar-refractivity contribution in [3.8, 4) is 5.75 Å². The van der Waals surface area contributed by atoms with Crippen LogP contribution in [0.15, 0.2) is 24.3 Å². The van der Waals surface area contributed by atoms with E-state index in [4.69, 9.17) is 15.5 Å². The first-order valence-corrected chi connectivity index (χ1v) is 6.84. The lowest BCUT2D eigenvalue weighted by Crippen LogP contribution is -2.19. The molecule has 110 valence electrons. The van der Waals surface area contributed by atoms with Crippen LogP contribution < -0.4 is 10.5 Å². The summed E-state index contributed by atoms with van der Waals surface area (Å²) in [6.45, 7) is 1.65. The van der Waals surface area contributed by atoms with Gasteiger partial charge < -0.3 is 15.4 Å². The average molecular weight is 285 g/mol. The fourth-order valence-electron chi connectivity index (χ4n) is 2.34. The number of likely N-dealkylation sites (N-methyl/N-ethyl adjacent to an activating group) is 1. The zero-order chi connectivity index (χ0) is 15.0. The maximum atomic E-state index is 6.03. The van der Waals surface area contributed by atoms with E-state index in [0.717, 1.165) is 40.8 Å². The molecule has 0 spiro atoms. The van der Waals surface area contributed by atoms with Crippen molar-refractivity contribution in [3.05, 3.63) is 24.3 Å². The zero-order valence-electron chi connectivity index (χ0n) is 12.5. The molecule has 2 aromatic heterocycles. The molecular formula is C15H19N5O. The van der Waals surface area contributed by atoms with Gasteiger partial charge >= 0.3 is 0 Å². The molecule has 0 aliphatic rings. The van der Waals surface area contributed by atoms with Gasteiger partial charge in [0.05, 0.1) is 24.6 Å². The number of fused-ring (bicyclic) bond motifs is 2. The topological polar surface area (TPSA) is 69.2 Å². The second kappa shape index (κ2) is 5.21. The van der Waals surface area contributed by atoms with Gasteiger partial charge in [-0.2, -0.15) is 5.10 Å². The predicted molar refractivity (Wildman–Crippen MR) is 84.6 cm³/mol. The molecule has 0 amide bonds. The van der Waals surface area contributed by atoms with Gasteiger partial charge in [-0.05, 0) is 38.4 Å². The van der Waals surface area contributed by atoms with Gasteiger partial charge in [-0.1, -0.05) is 0 Å². The van der Waals surface area contributed by atoms with Crippen LogP contribution in [0.3, 0.4) is 0 Å². The molecule has 1 aromatic carbocycles. The molecule has 2 N–H and O–H groups in total. The Kier molecular flexibility index (Phi) is 3.39. The Balaban J connectivity index is 2.14. The summed E-state index contributed by atoms with van der Waals surface area (Å²) in [6, 6.07) is 7.84. The highest BCUT2D eigenvalue weighted by molar-refractivity contribution is 5.96. The normalized spacial score (nSPS) is 11.6. The summed E-state index contributed by atoms with van der Waals surface area (Å²) in [5.41, 5.74) is 7.77. The monoisotopic (exact) mass is 285 g/mol. The fraction of sp³-hybridized carbons (Fsp3) is 0.333.